The predicted molar refractivity (Wildman–Crippen MR) is 104 cm³/mol. The van der Waals surface area contributed by atoms with Crippen molar-refractivity contribution in [2.75, 3.05) is 6.61 Å². The zero-order chi connectivity index (χ0) is 19.9. The number of carbonyl (C=O) groups is 1. The number of esters is 1. The highest BCUT2D eigenvalue weighted by Crippen LogP contribution is 2.31. The van der Waals surface area contributed by atoms with Gasteiger partial charge in [0.1, 0.15) is 12.4 Å². The van der Waals surface area contributed by atoms with E-state index in [9.17, 15) is 9.18 Å². The van der Waals surface area contributed by atoms with Gasteiger partial charge in [-0.1, -0.05) is 18.2 Å². The van der Waals surface area contributed by atoms with Crippen LogP contribution in [-0.4, -0.2) is 22.5 Å². The molecule has 0 saturated heterocycles. The third-order valence-corrected chi connectivity index (χ3v) is 4.78. The molecule has 1 heterocycles. The van der Waals surface area contributed by atoms with Gasteiger partial charge in [0.2, 0.25) is 5.88 Å². The Balaban J connectivity index is 1.60. The number of halogens is 1. The number of hydrogen-bond acceptors (Lipinski definition) is 5. The molecule has 1 aromatic carbocycles. The minimum absolute atomic E-state index is 0.114. The predicted octanol–water partition coefficient (Wildman–Crippen LogP) is 4.64. The molecule has 0 bridgehead atoms. The molecule has 0 saturated carbocycles. The number of benzene rings is 1. The first kappa shape index (κ1) is 20.0. The van der Waals surface area contributed by atoms with Gasteiger partial charge in [-0.05, 0) is 56.2 Å². The normalized spacial score (nSPS) is 16.4. The van der Waals surface area contributed by atoms with Gasteiger partial charge in [-0.15, -0.1) is 0 Å². The van der Waals surface area contributed by atoms with Gasteiger partial charge in [0.05, 0.1) is 6.61 Å². The Kier molecular flexibility index (Phi) is 6.74. The number of nitrogens with zero attached hydrogens (tertiary/aromatic N) is 2. The number of ether oxygens (including phenoxy) is 2. The average Bonchev–Trinajstić information content (AvgIpc) is 2.68. The van der Waals surface area contributed by atoms with Gasteiger partial charge < -0.3 is 9.47 Å². The van der Waals surface area contributed by atoms with Crippen molar-refractivity contribution in [2.24, 2.45) is 5.92 Å². The second-order valence-electron chi connectivity index (χ2n) is 6.98. The average molecular weight is 384 g/mol. The monoisotopic (exact) mass is 384 g/mol. The highest BCUT2D eigenvalue weighted by molar-refractivity contribution is 5.70. The molecule has 3 rings (SSSR count). The molecule has 0 aliphatic heterocycles. The first-order chi connectivity index (χ1) is 13.5. The minimum atomic E-state index is -0.281. The topological polar surface area (TPSA) is 61.3 Å². The molecule has 148 valence electrons. The Labute approximate surface area is 164 Å². The molecule has 0 amide bonds. The van der Waals surface area contributed by atoms with Crippen LogP contribution in [-0.2, 0) is 16.1 Å². The molecule has 0 spiro atoms. The van der Waals surface area contributed by atoms with Crippen LogP contribution in [0, 0.1) is 18.7 Å². The van der Waals surface area contributed by atoms with Crippen molar-refractivity contribution in [2.45, 2.75) is 46.1 Å². The van der Waals surface area contributed by atoms with E-state index in [1.807, 2.05) is 19.9 Å². The lowest BCUT2D eigenvalue weighted by molar-refractivity contribution is -0.144. The number of carbonyl (C=O) groups excluding carboxylic acids is 1. The fourth-order valence-corrected chi connectivity index (χ4v) is 3.23. The van der Waals surface area contributed by atoms with E-state index in [0.717, 1.165) is 30.4 Å². The number of allylic oxidation sites excluding steroid dienone is 2. The fraction of sp³-hybridized carbons (Fsp3) is 0.409. The van der Waals surface area contributed by atoms with E-state index in [4.69, 9.17) is 9.47 Å². The molecule has 0 fully saturated rings. The second-order valence-corrected chi connectivity index (χ2v) is 6.98. The molecule has 1 aliphatic carbocycles. The molecule has 5 nitrogen and oxygen atoms in total. The van der Waals surface area contributed by atoms with Gasteiger partial charge in [0.25, 0.3) is 0 Å². The first-order valence-electron chi connectivity index (χ1n) is 9.61. The molecule has 28 heavy (non-hydrogen) atoms. The summed E-state index contributed by atoms with van der Waals surface area (Å²) in [7, 11) is 0. The Bertz CT molecular complexity index is 867. The summed E-state index contributed by atoms with van der Waals surface area (Å²) in [5, 5.41) is 0. The van der Waals surface area contributed by atoms with Crippen LogP contribution in [0.2, 0.25) is 0 Å². The third-order valence-electron chi connectivity index (χ3n) is 4.78. The van der Waals surface area contributed by atoms with Crippen LogP contribution in [0.25, 0.3) is 5.57 Å². The molecule has 1 aromatic heterocycles. The van der Waals surface area contributed by atoms with E-state index >= 15 is 0 Å². The summed E-state index contributed by atoms with van der Waals surface area (Å²) in [5.74, 6) is 0.916. The van der Waals surface area contributed by atoms with E-state index < -0.39 is 0 Å². The summed E-state index contributed by atoms with van der Waals surface area (Å²) in [6, 6.07) is 6.74. The smallest absolute Gasteiger partial charge is 0.306 e. The summed E-state index contributed by atoms with van der Waals surface area (Å²) < 4.78 is 24.6. The highest BCUT2D eigenvalue weighted by Gasteiger charge is 2.20. The van der Waals surface area contributed by atoms with Crippen LogP contribution in [0.5, 0.6) is 5.88 Å². The molecule has 0 N–H and O–H groups in total. The van der Waals surface area contributed by atoms with Gasteiger partial charge in [-0.2, -0.15) is 4.98 Å². The summed E-state index contributed by atoms with van der Waals surface area (Å²) in [4.78, 5) is 20.4. The standard InChI is InChI=1S/C22H25FN2O3/c1-3-27-21(26)13-16-5-8-17(9-6-16)22-24-11-10-20(25-22)28-14-18-7-4-15(2)12-19(18)23/h4,7-8,10-12,16H,3,5-6,9,13-14H2,1-2H3. The van der Waals surface area contributed by atoms with Crippen LogP contribution in [0.4, 0.5) is 4.39 Å². The summed E-state index contributed by atoms with van der Waals surface area (Å²) >= 11 is 0. The van der Waals surface area contributed by atoms with E-state index in [1.165, 1.54) is 6.07 Å². The van der Waals surface area contributed by atoms with Crippen molar-refractivity contribution in [3.05, 3.63) is 59.3 Å². The van der Waals surface area contributed by atoms with Crippen molar-refractivity contribution < 1.29 is 18.7 Å². The van der Waals surface area contributed by atoms with E-state index in [-0.39, 0.29) is 18.4 Å². The third kappa shape index (κ3) is 5.38. The van der Waals surface area contributed by atoms with E-state index in [0.29, 0.717) is 36.2 Å². The second kappa shape index (κ2) is 9.44. The van der Waals surface area contributed by atoms with Crippen LogP contribution in [0.3, 0.4) is 0 Å². The van der Waals surface area contributed by atoms with Gasteiger partial charge >= 0.3 is 5.97 Å². The zero-order valence-corrected chi connectivity index (χ0v) is 16.3. The minimum Gasteiger partial charge on any atom is -0.473 e. The molecule has 2 aromatic rings. The molecule has 1 aliphatic rings. The maximum Gasteiger partial charge on any atom is 0.306 e. The summed E-state index contributed by atoms with van der Waals surface area (Å²) in [6.07, 6.45) is 6.69. The molecule has 6 heteroatoms. The molecule has 1 atom stereocenters. The fourth-order valence-electron chi connectivity index (χ4n) is 3.23. The van der Waals surface area contributed by atoms with Crippen molar-refractivity contribution in [3.8, 4) is 5.88 Å². The number of aromatic nitrogens is 2. The zero-order valence-electron chi connectivity index (χ0n) is 16.3. The number of hydrogen-bond donors (Lipinski definition) is 0. The van der Waals surface area contributed by atoms with Crippen LogP contribution in [0.15, 0.2) is 36.5 Å². The van der Waals surface area contributed by atoms with Crippen LogP contribution < -0.4 is 4.74 Å². The van der Waals surface area contributed by atoms with Crippen molar-refractivity contribution >= 4 is 11.5 Å². The lowest BCUT2D eigenvalue weighted by atomic mass is 9.87. The van der Waals surface area contributed by atoms with E-state index in [2.05, 4.69) is 16.0 Å². The summed E-state index contributed by atoms with van der Waals surface area (Å²) in [6.45, 7) is 4.19. The SMILES string of the molecule is CCOC(=O)CC1CC=C(c2nccc(OCc3ccc(C)cc3F)n2)CC1. The number of rotatable bonds is 7. The van der Waals surface area contributed by atoms with Gasteiger partial charge in [0.15, 0.2) is 5.82 Å². The Morgan fingerprint density at radius 2 is 2.18 bits per heavy atom. The molecule has 0 radical (unpaired) electrons. The van der Waals surface area contributed by atoms with Gasteiger partial charge in [-0.3, -0.25) is 4.79 Å². The van der Waals surface area contributed by atoms with E-state index in [1.54, 1.807) is 18.3 Å². The molecular weight excluding hydrogens is 359 g/mol. The summed E-state index contributed by atoms with van der Waals surface area (Å²) in [5.41, 5.74) is 2.41. The quantitative estimate of drug-likeness (QED) is 0.651. The lowest BCUT2D eigenvalue weighted by Gasteiger charge is -2.20. The van der Waals surface area contributed by atoms with Crippen LogP contribution >= 0.6 is 0 Å². The van der Waals surface area contributed by atoms with Crippen molar-refractivity contribution in [3.63, 3.8) is 0 Å². The lowest BCUT2D eigenvalue weighted by Crippen LogP contribution is -2.14. The highest BCUT2D eigenvalue weighted by atomic mass is 19.1. The molecular formula is C22H25FN2O3. The van der Waals surface area contributed by atoms with Gasteiger partial charge in [-0.25, -0.2) is 9.37 Å². The Morgan fingerprint density at radius 3 is 2.89 bits per heavy atom. The van der Waals surface area contributed by atoms with Gasteiger partial charge in [0, 0.05) is 24.2 Å². The Hall–Kier alpha value is -2.76. The molecule has 1 unspecified atom stereocenters. The first-order valence-corrected chi connectivity index (χ1v) is 9.61. The largest absolute Gasteiger partial charge is 0.473 e. The number of aryl methyl sites for hydroxylation is 1. The van der Waals surface area contributed by atoms with Crippen LogP contribution in [0.1, 0.15) is 49.6 Å². The Morgan fingerprint density at radius 1 is 1.32 bits per heavy atom. The maximum absolute atomic E-state index is 13.9. The van der Waals surface area contributed by atoms with Crippen molar-refractivity contribution in [1.29, 1.82) is 0 Å². The maximum atomic E-state index is 13.9. The van der Waals surface area contributed by atoms with Crippen molar-refractivity contribution in [1.82, 2.24) is 9.97 Å².